The van der Waals surface area contributed by atoms with Gasteiger partial charge in [-0.25, -0.2) is 0 Å². The van der Waals surface area contributed by atoms with E-state index in [1.165, 1.54) is 22.8 Å². The molecular weight excluding hydrogens is 452 g/mol. The van der Waals surface area contributed by atoms with E-state index in [0.29, 0.717) is 0 Å². The van der Waals surface area contributed by atoms with Crippen LogP contribution in [0.5, 0.6) is 0 Å². The van der Waals surface area contributed by atoms with Crippen LogP contribution in [-0.2, 0) is 0 Å². The van der Waals surface area contributed by atoms with Crippen molar-refractivity contribution in [2.24, 2.45) is 0 Å². The van der Waals surface area contributed by atoms with Crippen molar-refractivity contribution in [1.82, 2.24) is 0 Å². The largest absolute Gasteiger partial charge is 0.384 e. The van der Waals surface area contributed by atoms with Crippen LogP contribution in [0.25, 0.3) is 16.7 Å². The molecule has 5 rings (SSSR count). The summed E-state index contributed by atoms with van der Waals surface area (Å²) in [7, 11) is 0. The van der Waals surface area contributed by atoms with Crippen LogP contribution in [0.15, 0.2) is 141 Å². The average Bonchev–Trinajstić information content (AvgIpc) is 3.38. The number of aliphatic hydroxyl groups excluding tert-OH is 2. The molecule has 3 atom stereocenters. The van der Waals surface area contributed by atoms with Gasteiger partial charge in [0.05, 0.1) is 12.2 Å². The van der Waals surface area contributed by atoms with E-state index >= 15 is 0 Å². The van der Waals surface area contributed by atoms with E-state index in [4.69, 9.17) is 0 Å². The second kappa shape index (κ2) is 10.8. The molecule has 0 heterocycles. The summed E-state index contributed by atoms with van der Waals surface area (Å²) in [4.78, 5) is 0. The number of hydrogen-bond acceptors (Lipinski definition) is 2. The Morgan fingerprint density at radius 1 is 0.568 bits per heavy atom. The van der Waals surface area contributed by atoms with Gasteiger partial charge in [-0.15, -0.1) is 13.2 Å². The molecule has 2 N–H and O–H groups in total. The molecule has 3 unspecified atom stereocenters. The predicted octanol–water partition coefficient (Wildman–Crippen LogP) is 7.92. The number of allylic oxidation sites excluding steroid dienone is 4. The molecule has 1 aliphatic rings. The van der Waals surface area contributed by atoms with Gasteiger partial charge in [-0.2, -0.15) is 0 Å². The van der Waals surface area contributed by atoms with Gasteiger partial charge >= 0.3 is 0 Å². The molecule has 0 bridgehead atoms. The van der Waals surface area contributed by atoms with Crippen LogP contribution >= 0.6 is 0 Å². The quantitative estimate of drug-likeness (QED) is 0.250. The van der Waals surface area contributed by atoms with Crippen molar-refractivity contribution in [2.45, 2.75) is 18.1 Å². The zero-order chi connectivity index (χ0) is 25.8. The highest BCUT2D eigenvalue weighted by Gasteiger charge is 2.30. The van der Waals surface area contributed by atoms with Crippen LogP contribution in [0.4, 0.5) is 0 Å². The summed E-state index contributed by atoms with van der Waals surface area (Å²) in [6.45, 7) is 7.42. The Bertz CT molecular complexity index is 1440. The standard InChI is InChI=1S/C35H30O2/c1-3-32(36)26-19-15-24(16-20-26)30-23-31(25-17-21-27(22-18-25)33(37)4-2)35(29-13-9-6-10-14-29)34(30)28-11-7-5-8-12-28/h3-23,30,32-33,36-37H,1-2H2. The Morgan fingerprint density at radius 2 is 1.05 bits per heavy atom. The molecule has 2 heteroatoms. The molecule has 0 saturated heterocycles. The van der Waals surface area contributed by atoms with Crippen molar-refractivity contribution >= 4 is 16.7 Å². The van der Waals surface area contributed by atoms with Gasteiger partial charge in [-0.05, 0) is 50.1 Å². The lowest BCUT2D eigenvalue weighted by atomic mass is 9.85. The highest BCUT2D eigenvalue weighted by molar-refractivity contribution is 6.20. The van der Waals surface area contributed by atoms with E-state index in [2.05, 4.69) is 92.0 Å². The van der Waals surface area contributed by atoms with E-state index < -0.39 is 12.2 Å². The third-order valence-electron chi connectivity index (χ3n) is 6.98. The molecule has 37 heavy (non-hydrogen) atoms. The van der Waals surface area contributed by atoms with Crippen LogP contribution in [0.1, 0.15) is 51.5 Å². The number of rotatable bonds is 8. The molecule has 0 aliphatic heterocycles. The van der Waals surface area contributed by atoms with Crippen molar-refractivity contribution in [2.75, 3.05) is 0 Å². The SMILES string of the molecule is C=CC(O)c1ccc(C2=CC(c3ccc(C(O)C=C)cc3)C(c3ccccc3)=C2c2ccccc2)cc1. The van der Waals surface area contributed by atoms with Crippen molar-refractivity contribution in [3.05, 3.63) is 174 Å². The highest BCUT2D eigenvalue weighted by atomic mass is 16.3. The van der Waals surface area contributed by atoms with Crippen molar-refractivity contribution < 1.29 is 10.2 Å². The third kappa shape index (κ3) is 4.90. The van der Waals surface area contributed by atoms with Crippen LogP contribution in [-0.4, -0.2) is 10.2 Å². The van der Waals surface area contributed by atoms with E-state index in [9.17, 15) is 10.2 Å². The molecule has 2 nitrogen and oxygen atoms in total. The Morgan fingerprint density at radius 3 is 1.57 bits per heavy atom. The second-order valence-corrected chi connectivity index (χ2v) is 9.23. The molecule has 0 amide bonds. The fourth-order valence-corrected chi connectivity index (χ4v) is 5.03. The van der Waals surface area contributed by atoms with Gasteiger partial charge < -0.3 is 10.2 Å². The summed E-state index contributed by atoms with van der Waals surface area (Å²) in [5.41, 5.74) is 9.82. The molecule has 4 aromatic carbocycles. The zero-order valence-corrected chi connectivity index (χ0v) is 20.7. The second-order valence-electron chi connectivity index (χ2n) is 9.23. The minimum Gasteiger partial charge on any atom is -0.384 e. The van der Waals surface area contributed by atoms with E-state index in [-0.39, 0.29) is 5.92 Å². The van der Waals surface area contributed by atoms with Gasteiger partial charge in [0.1, 0.15) is 0 Å². The first-order valence-electron chi connectivity index (χ1n) is 12.5. The van der Waals surface area contributed by atoms with Crippen molar-refractivity contribution in [1.29, 1.82) is 0 Å². The van der Waals surface area contributed by atoms with Gasteiger partial charge in [-0.1, -0.05) is 127 Å². The van der Waals surface area contributed by atoms with Gasteiger partial charge in [-0.3, -0.25) is 0 Å². The predicted molar refractivity (Wildman–Crippen MR) is 154 cm³/mol. The van der Waals surface area contributed by atoms with E-state index in [1.54, 1.807) is 6.08 Å². The fraction of sp³-hybridized carbons (Fsp3) is 0.0857. The molecule has 0 spiro atoms. The van der Waals surface area contributed by atoms with Gasteiger partial charge in [0.2, 0.25) is 0 Å². The maximum atomic E-state index is 10.2. The summed E-state index contributed by atoms with van der Waals surface area (Å²) < 4.78 is 0. The lowest BCUT2D eigenvalue weighted by molar-refractivity contribution is 0.229. The Kier molecular flexibility index (Phi) is 7.14. The smallest absolute Gasteiger partial charge is 0.0969 e. The number of hydrogen-bond donors (Lipinski definition) is 2. The molecule has 0 aromatic heterocycles. The van der Waals surface area contributed by atoms with Crippen LogP contribution < -0.4 is 0 Å². The van der Waals surface area contributed by atoms with E-state index in [1.807, 2.05) is 36.4 Å². The maximum absolute atomic E-state index is 10.2. The Balaban J connectivity index is 1.71. The first kappa shape index (κ1) is 24.5. The topological polar surface area (TPSA) is 40.5 Å². The fourth-order valence-electron chi connectivity index (χ4n) is 5.03. The van der Waals surface area contributed by atoms with Gasteiger partial charge in [0, 0.05) is 5.92 Å². The molecule has 1 aliphatic carbocycles. The molecular formula is C35H30O2. The van der Waals surface area contributed by atoms with Crippen LogP contribution in [0.2, 0.25) is 0 Å². The average molecular weight is 483 g/mol. The maximum Gasteiger partial charge on any atom is 0.0969 e. The molecule has 0 radical (unpaired) electrons. The van der Waals surface area contributed by atoms with Crippen molar-refractivity contribution in [3.63, 3.8) is 0 Å². The van der Waals surface area contributed by atoms with Crippen LogP contribution in [0.3, 0.4) is 0 Å². The highest BCUT2D eigenvalue weighted by Crippen LogP contribution is 2.51. The molecule has 0 fully saturated rings. The molecule has 4 aromatic rings. The Hall–Kier alpha value is -4.24. The summed E-state index contributed by atoms with van der Waals surface area (Å²) in [6.07, 6.45) is 4.04. The summed E-state index contributed by atoms with van der Waals surface area (Å²) in [5.74, 6) is 0.0287. The molecule has 182 valence electrons. The van der Waals surface area contributed by atoms with Crippen LogP contribution in [0, 0.1) is 0 Å². The molecule has 0 saturated carbocycles. The number of benzene rings is 4. The minimum absolute atomic E-state index is 0.0287. The van der Waals surface area contributed by atoms with Gasteiger partial charge in [0.15, 0.2) is 0 Å². The van der Waals surface area contributed by atoms with Crippen molar-refractivity contribution in [3.8, 4) is 0 Å². The first-order chi connectivity index (χ1) is 18.1. The lowest BCUT2D eigenvalue weighted by Gasteiger charge is -2.18. The summed E-state index contributed by atoms with van der Waals surface area (Å²) >= 11 is 0. The normalized spacial score (nSPS) is 16.7. The zero-order valence-electron chi connectivity index (χ0n) is 20.7. The third-order valence-corrected chi connectivity index (χ3v) is 6.98. The number of aliphatic hydroxyl groups is 2. The first-order valence-corrected chi connectivity index (χ1v) is 12.5. The van der Waals surface area contributed by atoms with E-state index in [0.717, 1.165) is 33.4 Å². The summed E-state index contributed by atoms with van der Waals surface area (Å²) in [5, 5.41) is 20.4. The monoisotopic (exact) mass is 482 g/mol. The minimum atomic E-state index is -0.687. The lowest BCUT2D eigenvalue weighted by Crippen LogP contribution is -2.00. The van der Waals surface area contributed by atoms with Gasteiger partial charge in [0.25, 0.3) is 0 Å². The Labute approximate surface area is 218 Å². The summed E-state index contributed by atoms with van der Waals surface area (Å²) in [6, 6.07) is 37.3.